The van der Waals surface area contributed by atoms with E-state index in [4.69, 9.17) is 21.3 Å². The van der Waals surface area contributed by atoms with Crippen LogP contribution in [0.4, 0.5) is 23.0 Å². The summed E-state index contributed by atoms with van der Waals surface area (Å²) in [5, 5.41) is 3.69. The van der Waals surface area contributed by atoms with Crippen molar-refractivity contribution in [3.63, 3.8) is 0 Å². The third-order valence-electron chi connectivity index (χ3n) is 6.51. The van der Waals surface area contributed by atoms with Gasteiger partial charge in [0.15, 0.2) is 0 Å². The molecular formula is C26H29ClN8O2. The molecule has 192 valence electrons. The molecule has 0 unspecified atom stereocenters. The number of benzene rings is 1. The molecular weight excluding hydrogens is 492 g/mol. The molecule has 3 aromatic heterocycles. The van der Waals surface area contributed by atoms with Gasteiger partial charge in [0.05, 0.1) is 41.6 Å². The SMILES string of the molecule is COc1cc(N2CCN(C(C)=O)CC2)ccc1Nc1ncc(Cl)c(-c2cnc3ccc(N(C)C)cn23)n1. The molecule has 11 heteroatoms. The minimum atomic E-state index is 0.112. The Kier molecular flexibility index (Phi) is 6.75. The molecule has 4 heterocycles. The summed E-state index contributed by atoms with van der Waals surface area (Å²) in [6.07, 6.45) is 5.34. The van der Waals surface area contributed by atoms with Gasteiger partial charge in [-0.05, 0) is 24.3 Å². The molecule has 1 N–H and O–H groups in total. The summed E-state index contributed by atoms with van der Waals surface area (Å²) in [4.78, 5) is 31.4. The number of carbonyl (C=O) groups is 1. The largest absolute Gasteiger partial charge is 0.494 e. The number of carbonyl (C=O) groups excluding carboxylic acids is 1. The Balaban J connectivity index is 1.41. The van der Waals surface area contributed by atoms with Crippen molar-refractivity contribution < 1.29 is 9.53 Å². The quantitative estimate of drug-likeness (QED) is 0.409. The number of hydrogen-bond donors (Lipinski definition) is 1. The number of ether oxygens (including phenoxy) is 1. The maximum Gasteiger partial charge on any atom is 0.227 e. The fraction of sp³-hybridized carbons (Fsp3) is 0.308. The van der Waals surface area contributed by atoms with E-state index in [2.05, 4.69) is 20.2 Å². The summed E-state index contributed by atoms with van der Waals surface area (Å²) in [6.45, 7) is 4.57. The smallest absolute Gasteiger partial charge is 0.227 e. The van der Waals surface area contributed by atoms with E-state index in [1.807, 2.05) is 64.8 Å². The van der Waals surface area contributed by atoms with Crippen LogP contribution in [0.5, 0.6) is 5.75 Å². The average Bonchev–Trinajstić information content (AvgIpc) is 3.33. The van der Waals surface area contributed by atoms with Crippen LogP contribution >= 0.6 is 11.6 Å². The van der Waals surface area contributed by atoms with Crippen LogP contribution in [0.25, 0.3) is 17.0 Å². The predicted molar refractivity (Wildman–Crippen MR) is 146 cm³/mol. The predicted octanol–water partition coefficient (Wildman–Crippen LogP) is 3.93. The van der Waals surface area contributed by atoms with Gasteiger partial charge in [0.1, 0.15) is 17.1 Å². The van der Waals surface area contributed by atoms with Crippen LogP contribution in [-0.2, 0) is 4.79 Å². The number of imidazole rings is 1. The normalized spacial score (nSPS) is 13.6. The Labute approximate surface area is 220 Å². The second kappa shape index (κ2) is 10.1. The minimum absolute atomic E-state index is 0.112. The standard InChI is InChI=1S/C26H29ClN8O2/c1-17(36)33-9-11-34(12-10-33)18-5-7-21(23(13-18)37-4)30-26-29-14-20(27)25(31-26)22-15-28-24-8-6-19(32(2)3)16-35(22)24/h5-8,13-16H,9-12H2,1-4H3,(H,29,30,31). The Morgan fingerprint density at radius 1 is 1.08 bits per heavy atom. The number of methoxy groups -OCH3 is 1. The molecule has 0 bridgehead atoms. The molecule has 37 heavy (non-hydrogen) atoms. The highest BCUT2D eigenvalue weighted by atomic mass is 35.5. The second-order valence-electron chi connectivity index (χ2n) is 9.05. The Bertz CT molecular complexity index is 1450. The van der Waals surface area contributed by atoms with Crippen LogP contribution in [-0.4, -0.2) is 77.5 Å². The molecule has 4 aromatic rings. The van der Waals surface area contributed by atoms with Crippen molar-refractivity contribution in [2.24, 2.45) is 0 Å². The van der Waals surface area contributed by atoms with Crippen molar-refractivity contribution in [3.8, 4) is 17.1 Å². The van der Waals surface area contributed by atoms with Crippen molar-refractivity contribution in [2.75, 3.05) is 62.5 Å². The number of nitrogens with zero attached hydrogens (tertiary/aromatic N) is 7. The summed E-state index contributed by atoms with van der Waals surface area (Å²) in [7, 11) is 5.61. The van der Waals surface area contributed by atoms with Crippen molar-refractivity contribution >= 4 is 46.2 Å². The van der Waals surface area contributed by atoms with Gasteiger partial charge in [-0.3, -0.25) is 9.20 Å². The molecule has 10 nitrogen and oxygen atoms in total. The van der Waals surface area contributed by atoms with Crippen LogP contribution in [0.3, 0.4) is 0 Å². The van der Waals surface area contributed by atoms with Crippen LogP contribution in [0.2, 0.25) is 5.02 Å². The van der Waals surface area contributed by atoms with Crippen molar-refractivity contribution in [1.29, 1.82) is 0 Å². The molecule has 0 spiro atoms. The lowest BCUT2D eigenvalue weighted by molar-refractivity contribution is -0.129. The van der Waals surface area contributed by atoms with Crippen LogP contribution in [0.1, 0.15) is 6.92 Å². The van der Waals surface area contributed by atoms with Gasteiger partial charge in [0.25, 0.3) is 0 Å². The first-order chi connectivity index (χ1) is 17.8. The van der Waals surface area contributed by atoms with E-state index in [0.29, 0.717) is 35.5 Å². The third-order valence-corrected chi connectivity index (χ3v) is 6.79. The second-order valence-corrected chi connectivity index (χ2v) is 9.45. The van der Waals surface area contributed by atoms with Crippen molar-refractivity contribution in [3.05, 3.63) is 53.9 Å². The van der Waals surface area contributed by atoms with Gasteiger partial charge >= 0.3 is 0 Å². The topological polar surface area (TPSA) is 91.1 Å². The molecule has 1 aliphatic rings. The monoisotopic (exact) mass is 520 g/mol. The first-order valence-electron chi connectivity index (χ1n) is 12.0. The number of hydrogen-bond acceptors (Lipinski definition) is 8. The van der Waals surface area contributed by atoms with Crippen molar-refractivity contribution in [1.82, 2.24) is 24.3 Å². The van der Waals surface area contributed by atoms with Gasteiger partial charge in [0.2, 0.25) is 11.9 Å². The van der Waals surface area contributed by atoms with E-state index in [9.17, 15) is 4.79 Å². The summed E-state index contributed by atoms with van der Waals surface area (Å²) in [5.41, 5.74) is 4.93. The van der Waals surface area contributed by atoms with E-state index < -0.39 is 0 Å². The van der Waals surface area contributed by atoms with Gasteiger partial charge in [-0.25, -0.2) is 15.0 Å². The molecule has 1 saturated heterocycles. The minimum Gasteiger partial charge on any atom is -0.494 e. The van der Waals surface area contributed by atoms with Crippen LogP contribution in [0.15, 0.2) is 48.9 Å². The maximum atomic E-state index is 11.6. The van der Waals surface area contributed by atoms with Crippen LogP contribution < -0.4 is 19.9 Å². The molecule has 0 radical (unpaired) electrons. The molecule has 0 aliphatic carbocycles. The molecule has 0 atom stereocenters. The first-order valence-corrected chi connectivity index (χ1v) is 12.3. The van der Waals surface area contributed by atoms with Crippen molar-refractivity contribution in [2.45, 2.75) is 6.92 Å². The van der Waals surface area contributed by atoms with E-state index >= 15 is 0 Å². The van der Waals surface area contributed by atoms with Gasteiger partial charge < -0.3 is 24.8 Å². The van der Waals surface area contributed by atoms with Gasteiger partial charge in [-0.15, -0.1) is 0 Å². The number of nitrogens with one attached hydrogen (secondary N) is 1. The fourth-order valence-corrected chi connectivity index (χ4v) is 4.58. The highest BCUT2D eigenvalue weighted by Gasteiger charge is 2.20. The third kappa shape index (κ3) is 4.97. The summed E-state index contributed by atoms with van der Waals surface area (Å²) in [6, 6.07) is 9.92. The van der Waals surface area contributed by atoms with E-state index in [0.717, 1.165) is 41.5 Å². The van der Waals surface area contributed by atoms with E-state index in [1.165, 1.54) is 0 Å². The lowest BCUT2D eigenvalue weighted by Crippen LogP contribution is -2.48. The maximum absolute atomic E-state index is 11.6. The fourth-order valence-electron chi connectivity index (χ4n) is 4.40. The average molecular weight is 521 g/mol. The lowest BCUT2D eigenvalue weighted by atomic mass is 10.2. The molecule has 1 fully saturated rings. The first kappa shape index (κ1) is 24.6. The number of anilines is 4. The van der Waals surface area contributed by atoms with E-state index in [-0.39, 0.29) is 5.91 Å². The lowest BCUT2D eigenvalue weighted by Gasteiger charge is -2.35. The number of aromatic nitrogens is 4. The zero-order chi connectivity index (χ0) is 26.1. The number of piperazine rings is 1. The highest BCUT2D eigenvalue weighted by Crippen LogP contribution is 2.33. The number of halogens is 1. The zero-order valence-electron chi connectivity index (χ0n) is 21.3. The molecule has 0 saturated carbocycles. The number of pyridine rings is 1. The summed E-state index contributed by atoms with van der Waals surface area (Å²) in [5.74, 6) is 1.16. The number of fused-ring (bicyclic) bond motifs is 1. The highest BCUT2D eigenvalue weighted by molar-refractivity contribution is 6.32. The number of amides is 1. The Morgan fingerprint density at radius 2 is 1.86 bits per heavy atom. The molecule has 1 aromatic carbocycles. The summed E-state index contributed by atoms with van der Waals surface area (Å²) >= 11 is 6.53. The Morgan fingerprint density at radius 3 is 2.57 bits per heavy atom. The Hall–Kier alpha value is -4.05. The van der Waals surface area contributed by atoms with Gasteiger partial charge in [-0.1, -0.05) is 11.6 Å². The van der Waals surface area contributed by atoms with Crippen LogP contribution in [0, 0.1) is 0 Å². The van der Waals surface area contributed by atoms with Gasteiger partial charge in [-0.2, -0.15) is 0 Å². The molecule has 1 amide bonds. The zero-order valence-corrected chi connectivity index (χ0v) is 22.0. The molecule has 5 rings (SSSR count). The van der Waals surface area contributed by atoms with E-state index in [1.54, 1.807) is 26.4 Å². The number of rotatable bonds is 6. The summed E-state index contributed by atoms with van der Waals surface area (Å²) < 4.78 is 7.64. The molecule has 1 aliphatic heterocycles. The van der Waals surface area contributed by atoms with Gasteiger partial charge in [0, 0.05) is 65.1 Å².